The van der Waals surface area contributed by atoms with E-state index in [0.29, 0.717) is 6.29 Å². The molecule has 0 heterocycles. The Morgan fingerprint density at radius 2 is 0.983 bits per heavy atom. The van der Waals surface area contributed by atoms with Crippen LogP contribution in [0.3, 0.4) is 0 Å². The summed E-state index contributed by atoms with van der Waals surface area (Å²) < 4.78 is 16.1. The molecule has 0 aliphatic carbocycles. The number of carboxylic acids is 1. The molecule has 0 fully saturated rings. The Morgan fingerprint density at radius 1 is 0.593 bits per heavy atom. The summed E-state index contributed by atoms with van der Waals surface area (Å²) in [4.78, 5) is 145. The largest absolute Gasteiger partial charge is 0.481 e. The van der Waals surface area contributed by atoms with Crippen molar-refractivity contribution >= 4 is 67.3 Å². The van der Waals surface area contributed by atoms with Crippen molar-refractivity contribution in [1.29, 1.82) is 0 Å². The number of nitrogens with two attached hydrogens (primary N) is 2. The van der Waals surface area contributed by atoms with Gasteiger partial charge in [-0.15, -0.1) is 0 Å². The molecule has 14 N–H and O–H groups in total. The van der Waals surface area contributed by atoms with Gasteiger partial charge in [0.1, 0.15) is 42.5 Å². The first-order valence-electron chi connectivity index (χ1n) is 18.7. The van der Waals surface area contributed by atoms with E-state index in [-0.39, 0.29) is 24.7 Å². The summed E-state index contributed by atoms with van der Waals surface area (Å²) in [6.45, 7) is 9.64. The van der Waals surface area contributed by atoms with Gasteiger partial charge in [0, 0.05) is 12.8 Å². The molecule has 0 spiro atoms. The second-order valence-corrected chi connectivity index (χ2v) is 16.0. The van der Waals surface area contributed by atoms with Gasteiger partial charge in [0.05, 0.1) is 18.7 Å². The Bertz CT molecular complexity index is 1560. The Labute approximate surface area is 341 Å². The lowest BCUT2D eigenvalue weighted by molar-refractivity contribution is -0.138. The highest BCUT2D eigenvalue weighted by atomic mass is 31.2. The molecule has 0 rings (SSSR count). The molecule has 24 nitrogen and oxygen atoms in total. The normalized spacial score (nSPS) is 15.5. The highest BCUT2D eigenvalue weighted by Gasteiger charge is 2.35. The van der Waals surface area contributed by atoms with Gasteiger partial charge in [0.25, 0.3) is 0 Å². The molecule has 0 aliphatic rings. The summed E-state index contributed by atoms with van der Waals surface area (Å²) in [6, 6.07) is -11.0. The van der Waals surface area contributed by atoms with Crippen molar-refractivity contribution < 1.29 is 71.9 Å². The highest BCUT2D eigenvalue weighted by molar-refractivity contribution is 7.46. The topological polar surface area (TPSA) is 394 Å². The first-order valence-corrected chi connectivity index (χ1v) is 20.2. The molecule has 0 saturated heterocycles. The smallest absolute Gasteiger partial charge is 0.469 e. The number of hydrogen-bond donors (Lipinski definition) is 12. The summed E-state index contributed by atoms with van der Waals surface area (Å²) in [5.74, 6) is -9.48. The van der Waals surface area contributed by atoms with E-state index in [1.807, 2.05) is 0 Å². The number of nitrogens with one attached hydrogen (secondary N) is 7. The standard InChI is InChI=1S/C34H60N9O15P/c1-16(2)12-23(41-29(49)20(7)38-28(48)19(6)35)33(53)43-25(15-58-59(55,56)57)34(54)42-24(13-17(3)4)32(52)40-21(8-10-26(36)45)31(51)39-22(9-11-27(46)47)30(50)37-18(5)14-44/h14,16-25H,8-13,15,35H2,1-7H3,(H2,36,45)(H,37,50)(H,38,48)(H,39,51)(H,40,52)(H,41,49)(H,42,54)(H,43,53)(H,46,47)(H2,55,56,57)/t18-,19-,20-,21-,22-,23-,24-,25-/m0/s1. The molecule has 0 radical (unpaired) electrons. The van der Waals surface area contributed by atoms with Crippen molar-refractivity contribution in [2.45, 2.75) is 135 Å². The third-order valence-electron chi connectivity index (χ3n) is 8.05. The van der Waals surface area contributed by atoms with Crippen LogP contribution in [-0.2, 0) is 57.0 Å². The molecule has 0 aromatic rings. The molecule has 0 aliphatic heterocycles. The molecule has 0 bridgehead atoms. The summed E-state index contributed by atoms with van der Waals surface area (Å²) in [5, 5.41) is 25.6. The molecular weight excluding hydrogens is 805 g/mol. The zero-order chi connectivity index (χ0) is 45.8. The Kier molecular flexibility index (Phi) is 23.9. The number of phosphoric ester groups is 1. The average molecular weight is 866 g/mol. The number of primary amides is 1. The van der Waals surface area contributed by atoms with Gasteiger partial charge < -0.3 is 68.4 Å². The number of aldehydes is 1. The molecule has 336 valence electrons. The van der Waals surface area contributed by atoms with Crippen LogP contribution in [0.15, 0.2) is 0 Å². The van der Waals surface area contributed by atoms with Crippen LogP contribution in [0.25, 0.3) is 0 Å². The maximum absolute atomic E-state index is 13.7. The molecule has 0 aromatic carbocycles. The van der Waals surface area contributed by atoms with Crippen LogP contribution in [0.4, 0.5) is 0 Å². The lowest BCUT2D eigenvalue weighted by atomic mass is 10.0. The Balaban J connectivity index is 6.55. The maximum atomic E-state index is 13.7. The quantitative estimate of drug-likeness (QED) is 0.0266. The van der Waals surface area contributed by atoms with Gasteiger partial charge in [-0.2, -0.15) is 0 Å². The van der Waals surface area contributed by atoms with Crippen LogP contribution in [0, 0.1) is 11.8 Å². The van der Waals surface area contributed by atoms with Gasteiger partial charge in [-0.25, -0.2) is 4.57 Å². The minimum absolute atomic E-state index is 0.0126. The van der Waals surface area contributed by atoms with Gasteiger partial charge in [-0.05, 0) is 58.3 Å². The molecule has 59 heavy (non-hydrogen) atoms. The van der Waals surface area contributed by atoms with Crippen molar-refractivity contribution in [2.24, 2.45) is 23.3 Å². The third kappa shape index (κ3) is 23.2. The van der Waals surface area contributed by atoms with Crippen LogP contribution in [-0.4, -0.2) is 129 Å². The van der Waals surface area contributed by atoms with Crippen molar-refractivity contribution in [3.05, 3.63) is 0 Å². The van der Waals surface area contributed by atoms with Crippen molar-refractivity contribution in [1.82, 2.24) is 37.2 Å². The number of phosphoric acid groups is 1. The average Bonchev–Trinajstić information content (AvgIpc) is 3.11. The monoisotopic (exact) mass is 865 g/mol. The molecule has 0 aromatic heterocycles. The van der Waals surface area contributed by atoms with Crippen LogP contribution in [0.1, 0.15) is 87.0 Å². The van der Waals surface area contributed by atoms with E-state index in [9.17, 15) is 62.3 Å². The molecular formula is C34H60N9O15P. The number of carboxylic acid groups (broad SMARTS) is 1. The second kappa shape index (κ2) is 26.1. The maximum Gasteiger partial charge on any atom is 0.469 e. The zero-order valence-corrected chi connectivity index (χ0v) is 35.0. The van der Waals surface area contributed by atoms with E-state index in [2.05, 4.69) is 41.7 Å². The molecule has 25 heteroatoms. The van der Waals surface area contributed by atoms with E-state index in [4.69, 9.17) is 16.6 Å². The molecule has 8 atom stereocenters. The van der Waals surface area contributed by atoms with E-state index >= 15 is 0 Å². The Hall–Kier alpha value is -5.03. The second-order valence-electron chi connectivity index (χ2n) is 14.7. The van der Waals surface area contributed by atoms with Crippen LogP contribution < -0.4 is 48.7 Å². The van der Waals surface area contributed by atoms with Crippen LogP contribution in [0.2, 0.25) is 0 Å². The Morgan fingerprint density at radius 3 is 1.39 bits per heavy atom. The fourth-order valence-electron chi connectivity index (χ4n) is 5.01. The fraction of sp³-hybridized carbons (Fsp3) is 0.706. The zero-order valence-electron chi connectivity index (χ0n) is 34.1. The van der Waals surface area contributed by atoms with E-state index in [1.165, 1.54) is 20.8 Å². The molecule has 0 unspecified atom stereocenters. The highest BCUT2D eigenvalue weighted by Crippen LogP contribution is 2.35. The lowest BCUT2D eigenvalue weighted by Crippen LogP contribution is -2.60. The predicted octanol–water partition coefficient (Wildman–Crippen LogP) is -3.70. The molecule has 8 amide bonds. The summed E-state index contributed by atoms with van der Waals surface area (Å²) in [6.07, 6.45) is -1.68. The van der Waals surface area contributed by atoms with Gasteiger partial charge in [-0.3, -0.25) is 47.7 Å². The summed E-state index contributed by atoms with van der Waals surface area (Å²) in [5.41, 5.74) is 10.8. The molecule has 0 saturated carbocycles. The van der Waals surface area contributed by atoms with E-state index in [0.717, 1.165) is 0 Å². The van der Waals surface area contributed by atoms with Crippen molar-refractivity contribution in [3.63, 3.8) is 0 Å². The first kappa shape index (κ1) is 54.0. The number of aliphatic carboxylic acids is 1. The van der Waals surface area contributed by atoms with Gasteiger partial charge in [0.2, 0.25) is 47.3 Å². The predicted molar refractivity (Wildman–Crippen MR) is 207 cm³/mol. The van der Waals surface area contributed by atoms with Gasteiger partial charge in [-0.1, -0.05) is 27.7 Å². The summed E-state index contributed by atoms with van der Waals surface area (Å²) >= 11 is 0. The minimum Gasteiger partial charge on any atom is -0.481 e. The van der Waals surface area contributed by atoms with Gasteiger partial charge >= 0.3 is 13.8 Å². The fourth-order valence-corrected chi connectivity index (χ4v) is 5.35. The van der Waals surface area contributed by atoms with E-state index < -0.39 is 142 Å². The van der Waals surface area contributed by atoms with Gasteiger partial charge in [0.15, 0.2) is 0 Å². The third-order valence-corrected chi connectivity index (χ3v) is 8.54. The lowest BCUT2D eigenvalue weighted by Gasteiger charge is -2.28. The van der Waals surface area contributed by atoms with Crippen molar-refractivity contribution in [3.8, 4) is 0 Å². The van der Waals surface area contributed by atoms with E-state index in [1.54, 1.807) is 27.7 Å². The first-order chi connectivity index (χ1) is 27.2. The number of rotatable bonds is 28. The summed E-state index contributed by atoms with van der Waals surface area (Å²) in [7, 11) is -5.26. The van der Waals surface area contributed by atoms with Crippen LogP contribution >= 0.6 is 7.82 Å². The SMILES string of the molecule is CC(C)C[C@H](NC(=O)[C@H](C)NC(=O)[C@H](C)N)C(=O)N[C@@H](COP(=O)(O)O)C(=O)N[C@@H](CC(C)C)C(=O)N[C@@H](CCC(N)=O)C(=O)N[C@@H](CCC(=O)O)C(=O)N[C@@H](C)C=O. The number of carbonyl (C=O) groups excluding carboxylic acids is 9. The van der Waals surface area contributed by atoms with Crippen molar-refractivity contribution in [2.75, 3.05) is 6.61 Å². The number of amides is 8. The van der Waals surface area contributed by atoms with Crippen LogP contribution in [0.5, 0.6) is 0 Å². The minimum atomic E-state index is -5.26. The number of carbonyl (C=O) groups is 10. The number of hydrogen-bond acceptors (Lipinski definition) is 13.